The van der Waals surface area contributed by atoms with E-state index in [0.717, 1.165) is 45.9 Å². The summed E-state index contributed by atoms with van der Waals surface area (Å²) in [6.07, 6.45) is 1.00. The second kappa shape index (κ2) is 8.38. The number of nitrogens with zero attached hydrogens (tertiary/aromatic N) is 1. The molecule has 5 nitrogen and oxygen atoms in total. The normalized spacial score (nSPS) is 23.2. The van der Waals surface area contributed by atoms with Crippen LogP contribution in [0.4, 0.5) is 4.39 Å². The van der Waals surface area contributed by atoms with Crippen molar-refractivity contribution in [3.63, 3.8) is 0 Å². The highest BCUT2D eigenvalue weighted by Gasteiger charge is 2.31. The summed E-state index contributed by atoms with van der Waals surface area (Å²) in [6.45, 7) is 5.19. The van der Waals surface area contributed by atoms with Gasteiger partial charge in [-0.15, -0.1) is 0 Å². The second-order valence-electron chi connectivity index (χ2n) is 6.21. The van der Waals surface area contributed by atoms with Crippen LogP contribution in [0.25, 0.3) is 0 Å². The van der Waals surface area contributed by atoms with Crippen molar-refractivity contribution in [3.05, 3.63) is 34.1 Å². The molecular weight excluding hydrogens is 379 g/mol. The van der Waals surface area contributed by atoms with Gasteiger partial charge >= 0.3 is 0 Å². The van der Waals surface area contributed by atoms with Crippen LogP contribution in [-0.2, 0) is 9.47 Å². The highest BCUT2D eigenvalue weighted by molar-refractivity contribution is 9.10. The zero-order valence-electron chi connectivity index (χ0n) is 13.5. The maximum absolute atomic E-state index is 13.5. The maximum Gasteiger partial charge on any atom is 0.251 e. The SMILES string of the molecule is O=C(NC[C@@H]([C@H]1CCOC1)N1CCOCC1)c1cc(F)cc(Br)c1. The minimum Gasteiger partial charge on any atom is -0.381 e. The molecule has 2 saturated heterocycles. The topological polar surface area (TPSA) is 50.8 Å². The van der Waals surface area contributed by atoms with Gasteiger partial charge in [-0.1, -0.05) is 15.9 Å². The molecule has 0 bridgehead atoms. The van der Waals surface area contributed by atoms with Gasteiger partial charge in [-0.05, 0) is 24.6 Å². The summed E-state index contributed by atoms with van der Waals surface area (Å²) in [4.78, 5) is 14.7. The molecule has 7 heteroatoms. The molecule has 1 aromatic rings. The molecule has 3 rings (SSSR count). The molecule has 0 radical (unpaired) electrons. The van der Waals surface area contributed by atoms with Crippen LogP contribution >= 0.6 is 15.9 Å². The monoisotopic (exact) mass is 400 g/mol. The van der Waals surface area contributed by atoms with Crippen LogP contribution in [0.2, 0.25) is 0 Å². The highest BCUT2D eigenvalue weighted by Crippen LogP contribution is 2.22. The van der Waals surface area contributed by atoms with Crippen molar-refractivity contribution >= 4 is 21.8 Å². The van der Waals surface area contributed by atoms with E-state index in [4.69, 9.17) is 9.47 Å². The van der Waals surface area contributed by atoms with Gasteiger partial charge in [0, 0.05) is 48.2 Å². The molecule has 0 saturated carbocycles. The van der Waals surface area contributed by atoms with E-state index in [9.17, 15) is 9.18 Å². The Balaban J connectivity index is 1.64. The third-order valence-electron chi connectivity index (χ3n) is 4.62. The average Bonchev–Trinajstić information content (AvgIpc) is 3.09. The first-order valence-corrected chi connectivity index (χ1v) is 9.06. The predicted octanol–water partition coefficient (Wildman–Crippen LogP) is 2.06. The lowest BCUT2D eigenvalue weighted by Crippen LogP contribution is -2.52. The van der Waals surface area contributed by atoms with Crippen molar-refractivity contribution in [2.24, 2.45) is 5.92 Å². The first kappa shape index (κ1) is 17.8. The van der Waals surface area contributed by atoms with E-state index in [0.29, 0.717) is 22.5 Å². The maximum atomic E-state index is 13.5. The molecule has 1 amide bonds. The van der Waals surface area contributed by atoms with Crippen LogP contribution in [0.1, 0.15) is 16.8 Å². The lowest BCUT2D eigenvalue weighted by molar-refractivity contribution is 0.00166. The summed E-state index contributed by atoms with van der Waals surface area (Å²) in [7, 11) is 0. The van der Waals surface area contributed by atoms with Crippen molar-refractivity contribution in [2.75, 3.05) is 46.1 Å². The first-order valence-electron chi connectivity index (χ1n) is 8.27. The molecule has 0 unspecified atom stereocenters. The Morgan fingerprint density at radius 3 is 2.75 bits per heavy atom. The van der Waals surface area contributed by atoms with Gasteiger partial charge in [-0.25, -0.2) is 4.39 Å². The number of rotatable bonds is 5. The van der Waals surface area contributed by atoms with Gasteiger partial charge in [-0.2, -0.15) is 0 Å². The molecule has 1 aromatic carbocycles. The van der Waals surface area contributed by atoms with Gasteiger partial charge in [-0.3, -0.25) is 9.69 Å². The van der Waals surface area contributed by atoms with Crippen molar-refractivity contribution in [2.45, 2.75) is 12.5 Å². The van der Waals surface area contributed by atoms with Crippen molar-refractivity contribution in [1.82, 2.24) is 10.2 Å². The largest absolute Gasteiger partial charge is 0.381 e. The van der Waals surface area contributed by atoms with Crippen LogP contribution in [0.5, 0.6) is 0 Å². The number of nitrogens with one attached hydrogen (secondary N) is 1. The molecule has 2 atom stereocenters. The standard InChI is InChI=1S/C17H22BrFN2O3/c18-14-7-13(8-15(19)9-14)17(22)20-10-16(12-1-4-24-11-12)21-2-5-23-6-3-21/h7-9,12,16H,1-6,10-11H2,(H,20,22)/t12-,16-/m0/s1. The first-order chi connectivity index (χ1) is 11.6. The van der Waals surface area contributed by atoms with Gasteiger partial charge < -0.3 is 14.8 Å². The Kier molecular flexibility index (Phi) is 6.21. The van der Waals surface area contributed by atoms with E-state index < -0.39 is 5.82 Å². The van der Waals surface area contributed by atoms with Crippen LogP contribution < -0.4 is 5.32 Å². The van der Waals surface area contributed by atoms with Crippen LogP contribution in [0, 0.1) is 11.7 Å². The minimum absolute atomic E-state index is 0.220. The molecular formula is C17H22BrFN2O3. The van der Waals surface area contributed by atoms with E-state index >= 15 is 0 Å². The molecule has 2 heterocycles. The molecule has 0 aromatic heterocycles. The zero-order valence-corrected chi connectivity index (χ0v) is 15.1. The summed E-state index contributed by atoms with van der Waals surface area (Å²) in [6, 6.07) is 4.43. The number of morpholine rings is 1. The molecule has 24 heavy (non-hydrogen) atoms. The molecule has 2 aliphatic heterocycles. The molecule has 2 fully saturated rings. The Morgan fingerprint density at radius 1 is 1.29 bits per heavy atom. The van der Waals surface area contributed by atoms with Gasteiger partial charge in [0.05, 0.1) is 19.8 Å². The smallest absolute Gasteiger partial charge is 0.251 e. The summed E-state index contributed by atoms with van der Waals surface area (Å²) < 4.78 is 25.0. The van der Waals surface area contributed by atoms with Crippen LogP contribution in [-0.4, -0.2) is 62.9 Å². The number of carbonyl (C=O) groups excluding carboxylic acids is 1. The summed E-state index contributed by atoms with van der Waals surface area (Å²) in [5, 5.41) is 2.96. The summed E-state index contributed by atoms with van der Waals surface area (Å²) in [5.41, 5.74) is 0.324. The fraction of sp³-hybridized carbons (Fsp3) is 0.588. The molecule has 0 aliphatic carbocycles. The molecule has 0 spiro atoms. The molecule has 132 valence electrons. The minimum atomic E-state index is -0.427. The van der Waals surface area contributed by atoms with Crippen molar-refractivity contribution < 1.29 is 18.7 Å². The Labute approximate surface area is 149 Å². The van der Waals surface area contributed by atoms with Crippen molar-refractivity contribution in [3.8, 4) is 0 Å². The van der Waals surface area contributed by atoms with E-state index in [-0.39, 0.29) is 11.9 Å². The third kappa shape index (κ3) is 4.53. The van der Waals surface area contributed by atoms with Gasteiger partial charge in [0.25, 0.3) is 5.91 Å². The Hall–Kier alpha value is -1.02. The lowest BCUT2D eigenvalue weighted by Gasteiger charge is -2.37. The summed E-state index contributed by atoms with van der Waals surface area (Å²) >= 11 is 3.22. The number of amides is 1. The Bertz CT molecular complexity index is 555. The lowest BCUT2D eigenvalue weighted by atomic mass is 9.96. The molecule has 2 aliphatic rings. The van der Waals surface area contributed by atoms with Gasteiger partial charge in [0.1, 0.15) is 5.82 Å². The van der Waals surface area contributed by atoms with E-state index in [1.165, 1.54) is 12.1 Å². The fourth-order valence-corrected chi connectivity index (χ4v) is 3.81. The van der Waals surface area contributed by atoms with Crippen LogP contribution in [0.3, 0.4) is 0 Å². The van der Waals surface area contributed by atoms with E-state index in [2.05, 4.69) is 26.1 Å². The quantitative estimate of drug-likeness (QED) is 0.821. The zero-order chi connectivity index (χ0) is 16.9. The van der Waals surface area contributed by atoms with E-state index in [1.807, 2.05) is 0 Å². The third-order valence-corrected chi connectivity index (χ3v) is 5.08. The number of carbonyl (C=O) groups is 1. The van der Waals surface area contributed by atoms with Gasteiger partial charge in [0.2, 0.25) is 0 Å². The number of benzene rings is 1. The van der Waals surface area contributed by atoms with Crippen LogP contribution in [0.15, 0.2) is 22.7 Å². The number of halogens is 2. The van der Waals surface area contributed by atoms with Gasteiger partial charge in [0.15, 0.2) is 0 Å². The number of hydrogen-bond donors (Lipinski definition) is 1. The second-order valence-corrected chi connectivity index (χ2v) is 7.12. The fourth-order valence-electron chi connectivity index (χ4n) is 3.34. The van der Waals surface area contributed by atoms with E-state index in [1.54, 1.807) is 6.07 Å². The molecule has 1 N–H and O–H groups in total. The summed E-state index contributed by atoms with van der Waals surface area (Å²) in [5.74, 6) is -0.279. The number of hydrogen-bond acceptors (Lipinski definition) is 4. The number of ether oxygens (including phenoxy) is 2. The predicted molar refractivity (Wildman–Crippen MR) is 91.5 cm³/mol. The van der Waals surface area contributed by atoms with Crippen molar-refractivity contribution in [1.29, 1.82) is 0 Å². The highest BCUT2D eigenvalue weighted by atomic mass is 79.9. The average molecular weight is 401 g/mol. The Morgan fingerprint density at radius 2 is 2.08 bits per heavy atom.